The van der Waals surface area contributed by atoms with Gasteiger partial charge in [-0.25, -0.2) is 4.39 Å². The van der Waals surface area contributed by atoms with Gasteiger partial charge < -0.3 is 4.90 Å². The average Bonchev–Trinajstić information content (AvgIpc) is 2.61. The first-order valence-corrected chi connectivity index (χ1v) is 11.6. The highest BCUT2D eigenvalue weighted by Gasteiger charge is 2.38. The van der Waals surface area contributed by atoms with Gasteiger partial charge in [0.05, 0.1) is 0 Å². The van der Waals surface area contributed by atoms with E-state index in [-0.39, 0.29) is 11.6 Å². The highest BCUT2D eigenvalue weighted by atomic mass is 19.1. The molecule has 0 aromatic carbocycles. The first-order chi connectivity index (χ1) is 13.0. The summed E-state index contributed by atoms with van der Waals surface area (Å²) in [7, 11) is 0. The van der Waals surface area contributed by atoms with Gasteiger partial charge in [-0.15, -0.1) is 0 Å². The van der Waals surface area contributed by atoms with Crippen molar-refractivity contribution in [3.8, 4) is 0 Å². The number of hydrogen-bond donors (Lipinski definition) is 0. The number of piperidine rings is 2. The normalized spacial score (nSPS) is 31.4. The summed E-state index contributed by atoms with van der Waals surface area (Å²) in [6, 6.07) is 0.148. The molecule has 0 saturated carbocycles. The largest absolute Gasteiger partial charge is 0.301 e. The quantitative estimate of drug-likeness (QED) is 0.725. The Kier molecular flexibility index (Phi) is 7.11. The van der Waals surface area contributed by atoms with Gasteiger partial charge in [0.15, 0.2) is 0 Å². The van der Waals surface area contributed by atoms with Crippen LogP contribution in [0.1, 0.15) is 60.8 Å². The molecule has 0 bridgehead atoms. The lowest BCUT2D eigenvalue weighted by atomic mass is 9.91. The molecule has 164 valence electrons. The average molecular weight is 397 g/mol. The van der Waals surface area contributed by atoms with Crippen LogP contribution in [0.3, 0.4) is 0 Å². The van der Waals surface area contributed by atoms with Crippen molar-refractivity contribution >= 4 is 0 Å². The van der Waals surface area contributed by atoms with E-state index in [0.717, 1.165) is 32.0 Å². The zero-order chi connectivity index (χ0) is 20.5. The van der Waals surface area contributed by atoms with E-state index >= 15 is 0 Å². The van der Waals surface area contributed by atoms with Crippen molar-refractivity contribution in [2.24, 2.45) is 5.92 Å². The summed E-state index contributed by atoms with van der Waals surface area (Å²) in [5.41, 5.74) is 0.377. The maximum absolute atomic E-state index is 14.9. The Balaban J connectivity index is 1.40. The van der Waals surface area contributed by atoms with E-state index in [1.54, 1.807) is 0 Å². The zero-order valence-corrected chi connectivity index (χ0v) is 19.4. The SMILES string of the molecule is CC(C)(C)N1CCN(CC2CCN(C3CCN(C(C)(C)C)CC3F)CC2)CC1. The van der Waals surface area contributed by atoms with Crippen molar-refractivity contribution in [1.82, 2.24) is 19.6 Å². The first-order valence-electron chi connectivity index (χ1n) is 11.6. The number of likely N-dealkylation sites (tertiary alicyclic amines) is 2. The van der Waals surface area contributed by atoms with E-state index in [2.05, 4.69) is 61.1 Å². The number of rotatable bonds is 3. The second-order valence-electron chi connectivity index (χ2n) is 11.4. The molecule has 3 heterocycles. The summed E-state index contributed by atoms with van der Waals surface area (Å²) in [6.45, 7) is 23.4. The van der Waals surface area contributed by atoms with Gasteiger partial charge in [-0.2, -0.15) is 0 Å². The van der Waals surface area contributed by atoms with Crippen LogP contribution in [0.15, 0.2) is 0 Å². The number of halogens is 1. The minimum atomic E-state index is -0.699. The lowest BCUT2D eigenvalue weighted by Crippen LogP contribution is -2.58. The van der Waals surface area contributed by atoms with Gasteiger partial charge in [0, 0.05) is 62.9 Å². The molecule has 0 spiro atoms. The summed E-state index contributed by atoms with van der Waals surface area (Å²) >= 11 is 0. The Labute approximate surface area is 173 Å². The van der Waals surface area contributed by atoms with Crippen molar-refractivity contribution in [2.75, 3.05) is 58.9 Å². The molecular formula is C23H45FN4. The fourth-order valence-corrected chi connectivity index (χ4v) is 5.35. The minimum Gasteiger partial charge on any atom is -0.301 e. The third-order valence-electron chi connectivity index (χ3n) is 7.41. The zero-order valence-electron chi connectivity index (χ0n) is 19.4. The number of piperazine rings is 1. The number of nitrogens with zero attached hydrogens (tertiary/aromatic N) is 4. The second kappa shape index (κ2) is 8.87. The van der Waals surface area contributed by atoms with Crippen molar-refractivity contribution < 1.29 is 4.39 Å². The van der Waals surface area contributed by atoms with Crippen LogP contribution < -0.4 is 0 Å². The molecule has 3 fully saturated rings. The van der Waals surface area contributed by atoms with Gasteiger partial charge in [0.1, 0.15) is 6.17 Å². The van der Waals surface area contributed by atoms with E-state index in [1.165, 1.54) is 45.6 Å². The maximum atomic E-state index is 14.9. The predicted octanol–water partition coefficient (Wildman–Crippen LogP) is 3.33. The molecule has 28 heavy (non-hydrogen) atoms. The summed E-state index contributed by atoms with van der Waals surface area (Å²) in [5.74, 6) is 0.796. The van der Waals surface area contributed by atoms with Crippen molar-refractivity contribution in [3.05, 3.63) is 0 Å². The molecule has 0 radical (unpaired) electrons. The van der Waals surface area contributed by atoms with E-state index in [9.17, 15) is 4.39 Å². The highest BCUT2D eigenvalue weighted by Crippen LogP contribution is 2.29. The Morgan fingerprint density at radius 1 is 0.714 bits per heavy atom. The molecule has 3 saturated heterocycles. The molecule has 3 rings (SSSR count). The van der Waals surface area contributed by atoms with Crippen molar-refractivity contribution in [2.45, 2.75) is 84.1 Å². The fraction of sp³-hybridized carbons (Fsp3) is 1.00. The van der Waals surface area contributed by atoms with Crippen LogP contribution in [0.4, 0.5) is 4.39 Å². The second-order valence-corrected chi connectivity index (χ2v) is 11.4. The third-order valence-corrected chi connectivity index (χ3v) is 7.41. The molecule has 0 aromatic heterocycles. The van der Waals surface area contributed by atoms with Gasteiger partial charge in [0.25, 0.3) is 0 Å². The highest BCUT2D eigenvalue weighted by molar-refractivity contribution is 4.93. The van der Waals surface area contributed by atoms with E-state index < -0.39 is 6.17 Å². The molecule has 0 N–H and O–H groups in total. The van der Waals surface area contributed by atoms with E-state index in [0.29, 0.717) is 12.1 Å². The lowest BCUT2D eigenvalue weighted by Gasteiger charge is -2.47. The van der Waals surface area contributed by atoms with Crippen LogP contribution in [-0.4, -0.2) is 102 Å². The van der Waals surface area contributed by atoms with Crippen molar-refractivity contribution in [1.29, 1.82) is 0 Å². The van der Waals surface area contributed by atoms with Gasteiger partial charge >= 0.3 is 0 Å². The number of hydrogen-bond acceptors (Lipinski definition) is 4. The van der Waals surface area contributed by atoms with Crippen LogP contribution in [0.25, 0.3) is 0 Å². The molecular weight excluding hydrogens is 351 g/mol. The molecule has 2 unspecified atom stereocenters. The van der Waals surface area contributed by atoms with Crippen molar-refractivity contribution in [3.63, 3.8) is 0 Å². The summed E-state index contributed by atoms with van der Waals surface area (Å²) in [4.78, 5) is 10.1. The smallest absolute Gasteiger partial charge is 0.128 e. The fourth-order valence-electron chi connectivity index (χ4n) is 5.35. The lowest BCUT2D eigenvalue weighted by molar-refractivity contribution is -0.0155. The van der Waals surface area contributed by atoms with Crippen LogP contribution >= 0.6 is 0 Å². The van der Waals surface area contributed by atoms with Gasteiger partial charge in [-0.1, -0.05) is 0 Å². The molecule has 0 amide bonds. The van der Waals surface area contributed by atoms with Gasteiger partial charge in [0.2, 0.25) is 0 Å². The molecule has 3 aliphatic heterocycles. The number of alkyl halides is 1. The van der Waals surface area contributed by atoms with Gasteiger partial charge in [-0.05, 0) is 79.8 Å². The van der Waals surface area contributed by atoms with E-state index in [1.807, 2.05) is 0 Å². The summed E-state index contributed by atoms with van der Waals surface area (Å²) in [6.07, 6.45) is 2.77. The first kappa shape index (κ1) is 22.5. The molecule has 4 nitrogen and oxygen atoms in total. The Bertz CT molecular complexity index is 482. The third kappa shape index (κ3) is 5.68. The minimum absolute atomic E-state index is 0.0827. The Hall–Kier alpha value is -0.230. The van der Waals surface area contributed by atoms with Crippen LogP contribution in [0.2, 0.25) is 0 Å². The molecule has 0 aliphatic carbocycles. The van der Waals surface area contributed by atoms with Crippen LogP contribution in [-0.2, 0) is 0 Å². The monoisotopic (exact) mass is 396 g/mol. The van der Waals surface area contributed by atoms with Crippen LogP contribution in [0.5, 0.6) is 0 Å². The molecule has 3 aliphatic rings. The Morgan fingerprint density at radius 3 is 1.79 bits per heavy atom. The van der Waals surface area contributed by atoms with E-state index in [4.69, 9.17) is 0 Å². The molecule has 5 heteroatoms. The summed E-state index contributed by atoms with van der Waals surface area (Å²) in [5, 5.41) is 0. The molecule has 0 aromatic rings. The standard InChI is InChI=1S/C23H45FN4/c1-22(2,3)27-15-13-25(14-16-27)17-19-7-10-26(11-8-19)21-9-12-28(18-20(21)24)23(4,5)6/h19-21H,7-18H2,1-6H3. The van der Waals surface area contributed by atoms with Gasteiger partial charge in [-0.3, -0.25) is 14.7 Å². The maximum Gasteiger partial charge on any atom is 0.128 e. The molecule has 2 atom stereocenters. The Morgan fingerprint density at radius 2 is 1.29 bits per heavy atom. The predicted molar refractivity (Wildman–Crippen MR) is 117 cm³/mol. The summed E-state index contributed by atoms with van der Waals surface area (Å²) < 4.78 is 14.9. The topological polar surface area (TPSA) is 13.0 Å². The van der Waals surface area contributed by atoms with Crippen LogP contribution in [0, 0.1) is 5.92 Å².